The average molecular weight is 477 g/mol. The van der Waals surface area contributed by atoms with Crippen LogP contribution in [0.5, 0.6) is 0 Å². The van der Waals surface area contributed by atoms with Crippen molar-refractivity contribution in [2.24, 2.45) is 10.4 Å². The summed E-state index contributed by atoms with van der Waals surface area (Å²) in [4.78, 5) is 4.72. The molecule has 0 fully saturated rings. The molecule has 0 aliphatic rings. The van der Waals surface area contributed by atoms with Crippen LogP contribution >= 0.6 is 24.0 Å². The zero-order valence-electron chi connectivity index (χ0n) is 17.1. The number of rotatable bonds is 9. The van der Waals surface area contributed by atoms with Crippen LogP contribution in [0.3, 0.4) is 0 Å². The van der Waals surface area contributed by atoms with E-state index in [1.807, 2.05) is 19.1 Å². The molecule has 5 nitrogen and oxygen atoms in total. The van der Waals surface area contributed by atoms with Crippen LogP contribution in [0.2, 0.25) is 0 Å². The van der Waals surface area contributed by atoms with E-state index < -0.39 is 0 Å². The van der Waals surface area contributed by atoms with E-state index in [9.17, 15) is 0 Å². The molecule has 1 atom stereocenters. The Kier molecular flexibility index (Phi) is 12.9. The minimum Gasteiger partial charge on any atom is -0.379 e. The second-order valence-electron chi connectivity index (χ2n) is 7.07. The fourth-order valence-electron chi connectivity index (χ4n) is 2.50. The van der Waals surface area contributed by atoms with Crippen molar-refractivity contribution >= 4 is 29.9 Å². The lowest BCUT2D eigenvalue weighted by molar-refractivity contribution is 0.0205. The van der Waals surface area contributed by atoms with E-state index in [1.54, 1.807) is 7.11 Å². The fraction of sp³-hybridized carbons (Fsp3) is 0.650. The first-order chi connectivity index (χ1) is 11.9. The van der Waals surface area contributed by atoms with Gasteiger partial charge in [-0.15, -0.1) is 24.0 Å². The van der Waals surface area contributed by atoms with Crippen LogP contribution in [-0.4, -0.2) is 38.9 Å². The third-order valence-corrected chi connectivity index (χ3v) is 4.04. The summed E-state index contributed by atoms with van der Waals surface area (Å²) in [5.41, 5.74) is 2.45. The second kappa shape index (κ2) is 13.3. The monoisotopic (exact) mass is 477 g/mol. The predicted octanol–water partition coefficient (Wildman–Crippen LogP) is 3.96. The second-order valence-corrected chi connectivity index (χ2v) is 7.07. The lowest BCUT2D eigenvalue weighted by Gasteiger charge is -2.30. The molecule has 150 valence electrons. The van der Waals surface area contributed by atoms with Crippen LogP contribution < -0.4 is 10.6 Å². The molecular weight excluding hydrogens is 441 g/mol. The van der Waals surface area contributed by atoms with E-state index in [0.717, 1.165) is 12.5 Å². The number of benzene rings is 1. The maximum absolute atomic E-state index is 5.61. The Morgan fingerprint density at radius 2 is 1.77 bits per heavy atom. The predicted molar refractivity (Wildman–Crippen MR) is 120 cm³/mol. The van der Waals surface area contributed by atoms with Crippen LogP contribution in [0.15, 0.2) is 29.3 Å². The van der Waals surface area contributed by atoms with Gasteiger partial charge in [0.05, 0.1) is 19.3 Å². The van der Waals surface area contributed by atoms with Crippen molar-refractivity contribution < 1.29 is 9.47 Å². The molecule has 0 heterocycles. The number of halogens is 1. The van der Waals surface area contributed by atoms with E-state index >= 15 is 0 Å². The van der Waals surface area contributed by atoms with E-state index in [2.05, 4.69) is 50.5 Å². The minimum absolute atomic E-state index is 0. The standard InChI is InChI=1S/C20H35N3O2.HI/c1-7-21-19(23-14-18(24-6)20(3,4)5)22-13-16-11-9-10-12-17(16)15-25-8-2;/h9-12,18H,7-8,13-15H2,1-6H3,(H2,21,22,23);1H. The average Bonchev–Trinajstić information content (AvgIpc) is 2.57. The molecule has 0 bridgehead atoms. The molecule has 1 rings (SSSR count). The molecule has 0 saturated carbocycles. The molecule has 2 N–H and O–H groups in total. The smallest absolute Gasteiger partial charge is 0.191 e. The molecule has 1 aromatic rings. The van der Waals surface area contributed by atoms with Gasteiger partial charge in [-0.2, -0.15) is 0 Å². The highest BCUT2D eigenvalue weighted by Gasteiger charge is 2.24. The van der Waals surface area contributed by atoms with Crippen molar-refractivity contribution in [2.75, 3.05) is 26.8 Å². The highest BCUT2D eigenvalue weighted by molar-refractivity contribution is 14.0. The normalized spacial score (nSPS) is 13.1. The van der Waals surface area contributed by atoms with E-state index in [1.165, 1.54) is 11.1 Å². The maximum Gasteiger partial charge on any atom is 0.191 e. The number of nitrogens with zero attached hydrogens (tertiary/aromatic N) is 1. The molecule has 26 heavy (non-hydrogen) atoms. The van der Waals surface area contributed by atoms with Gasteiger partial charge in [0.1, 0.15) is 0 Å². The van der Waals surface area contributed by atoms with Crippen LogP contribution in [-0.2, 0) is 22.6 Å². The van der Waals surface area contributed by atoms with Gasteiger partial charge in [0, 0.05) is 26.8 Å². The van der Waals surface area contributed by atoms with Crippen LogP contribution in [0.4, 0.5) is 0 Å². The Morgan fingerprint density at radius 3 is 2.31 bits per heavy atom. The minimum atomic E-state index is 0. The topological polar surface area (TPSA) is 54.9 Å². The quantitative estimate of drug-likeness (QED) is 0.321. The molecule has 0 saturated heterocycles. The Morgan fingerprint density at radius 1 is 1.12 bits per heavy atom. The molecule has 0 radical (unpaired) electrons. The first-order valence-electron chi connectivity index (χ1n) is 9.11. The number of nitrogens with one attached hydrogen (secondary N) is 2. The Balaban J connectivity index is 0.00000625. The lowest BCUT2D eigenvalue weighted by atomic mass is 9.89. The maximum atomic E-state index is 5.61. The van der Waals surface area contributed by atoms with Crippen molar-refractivity contribution in [3.8, 4) is 0 Å². The number of methoxy groups -OCH3 is 1. The summed E-state index contributed by atoms with van der Waals surface area (Å²) in [5.74, 6) is 0.806. The fourth-order valence-corrected chi connectivity index (χ4v) is 2.50. The van der Waals surface area contributed by atoms with E-state index in [0.29, 0.717) is 26.3 Å². The van der Waals surface area contributed by atoms with Crippen molar-refractivity contribution in [1.82, 2.24) is 10.6 Å². The summed E-state index contributed by atoms with van der Waals surface area (Å²) in [6, 6.07) is 8.29. The van der Waals surface area contributed by atoms with Gasteiger partial charge in [-0.3, -0.25) is 0 Å². The Bertz CT molecular complexity index is 530. The van der Waals surface area contributed by atoms with Crippen LogP contribution in [0.25, 0.3) is 0 Å². The molecule has 0 aromatic heterocycles. The van der Waals surface area contributed by atoms with Gasteiger partial charge in [0.15, 0.2) is 5.96 Å². The number of hydrogen-bond donors (Lipinski definition) is 2. The molecule has 0 amide bonds. The summed E-state index contributed by atoms with van der Waals surface area (Å²) in [7, 11) is 1.76. The van der Waals surface area contributed by atoms with Crippen LogP contribution in [0.1, 0.15) is 45.7 Å². The summed E-state index contributed by atoms with van der Waals surface area (Å²) in [6.45, 7) is 14.1. The Hall–Kier alpha value is -0.860. The Labute approximate surface area is 176 Å². The van der Waals surface area contributed by atoms with E-state index in [4.69, 9.17) is 14.5 Å². The molecule has 0 aliphatic heterocycles. The van der Waals surface area contributed by atoms with E-state index in [-0.39, 0.29) is 35.5 Å². The highest BCUT2D eigenvalue weighted by atomic mass is 127. The highest BCUT2D eigenvalue weighted by Crippen LogP contribution is 2.20. The molecule has 1 unspecified atom stereocenters. The van der Waals surface area contributed by atoms with Gasteiger partial charge in [0.25, 0.3) is 0 Å². The molecular formula is C20H36IN3O2. The summed E-state index contributed by atoms with van der Waals surface area (Å²) >= 11 is 0. The number of aliphatic imine (C=N–C) groups is 1. The molecule has 1 aromatic carbocycles. The van der Waals surface area contributed by atoms with Gasteiger partial charge in [-0.25, -0.2) is 4.99 Å². The number of hydrogen-bond acceptors (Lipinski definition) is 3. The van der Waals surface area contributed by atoms with Crippen molar-refractivity contribution in [1.29, 1.82) is 0 Å². The summed E-state index contributed by atoms with van der Waals surface area (Å²) < 4.78 is 11.2. The van der Waals surface area contributed by atoms with Gasteiger partial charge >= 0.3 is 0 Å². The SMILES string of the molecule is CCNC(=NCc1ccccc1COCC)NCC(OC)C(C)(C)C.I. The zero-order chi connectivity index (χ0) is 18.7. The number of ether oxygens (including phenoxy) is 2. The first kappa shape index (κ1) is 25.1. The molecule has 0 aliphatic carbocycles. The first-order valence-corrected chi connectivity index (χ1v) is 9.11. The van der Waals surface area contributed by atoms with Crippen molar-refractivity contribution in [3.05, 3.63) is 35.4 Å². The molecule has 6 heteroatoms. The van der Waals surface area contributed by atoms with Crippen LogP contribution in [0, 0.1) is 5.41 Å². The van der Waals surface area contributed by atoms with Gasteiger partial charge in [-0.1, -0.05) is 45.0 Å². The summed E-state index contributed by atoms with van der Waals surface area (Å²) in [6.07, 6.45) is 0.113. The van der Waals surface area contributed by atoms with Gasteiger partial charge < -0.3 is 20.1 Å². The third-order valence-electron chi connectivity index (χ3n) is 4.04. The van der Waals surface area contributed by atoms with Gasteiger partial charge in [0.2, 0.25) is 0 Å². The summed E-state index contributed by atoms with van der Waals surface area (Å²) in [5, 5.41) is 6.69. The van der Waals surface area contributed by atoms with Gasteiger partial charge in [-0.05, 0) is 30.4 Å². The van der Waals surface area contributed by atoms with Crippen molar-refractivity contribution in [3.63, 3.8) is 0 Å². The number of guanidine groups is 1. The zero-order valence-corrected chi connectivity index (χ0v) is 19.4. The third kappa shape index (κ3) is 9.19. The van der Waals surface area contributed by atoms with Crippen molar-refractivity contribution in [2.45, 2.75) is 53.9 Å². The molecule has 0 spiro atoms. The largest absolute Gasteiger partial charge is 0.379 e. The lowest BCUT2D eigenvalue weighted by Crippen LogP contribution is -2.45.